The Morgan fingerprint density at radius 1 is 1.29 bits per heavy atom. The van der Waals surface area contributed by atoms with Gasteiger partial charge in [0.05, 0.1) is 18.0 Å². The number of fused-ring (bicyclic) bond motifs is 1. The Labute approximate surface area is 162 Å². The molecule has 3 N–H and O–H groups in total. The van der Waals surface area contributed by atoms with Gasteiger partial charge in [-0.25, -0.2) is 9.97 Å². The van der Waals surface area contributed by atoms with Crippen molar-refractivity contribution in [2.24, 2.45) is 5.73 Å². The Bertz CT molecular complexity index is 1030. The van der Waals surface area contributed by atoms with Crippen LogP contribution in [0.3, 0.4) is 0 Å². The Hall–Kier alpha value is -2.93. The molecule has 2 fully saturated rings. The van der Waals surface area contributed by atoms with E-state index in [4.69, 9.17) is 10.5 Å². The third-order valence-electron chi connectivity index (χ3n) is 5.58. The van der Waals surface area contributed by atoms with Crippen molar-refractivity contribution >= 4 is 17.4 Å². The maximum absolute atomic E-state index is 11.8. The second kappa shape index (κ2) is 6.91. The molecule has 2 aliphatic rings. The predicted octanol–water partition coefficient (Wildman–Crippen LogP) is 2.96. The summed E-state index contributed by atoms with van der Waals surface area (Å²) in [6.07, 6.45) is 10.2. The summed E-state index contributed by atoms with van der Waals surface area (Å²) in [5.41, 5.74) is 10.0. The molecule has 2 aromatic heterocycles. The second-order valence-corrected chi connectivity index (χ2v) is 7.57. The molecule has 3 heterocycles. The second-order valence-electron chi connectivity index (χ2n) is 7.57. The summed E-state index contributed by atoms with van der Waals surface area (Å²) in [7, 11) is 0. The number of imidazole rings is 1. The van der Waals surface area contributed by atoms with E-state index >= 15 is 0 Å². The lowest BCUT2D eigenvalue weighted by molar-refractivity contribution is 0.0999. The van der Waals surface area contributed by atoms with Gasteiger partial charge < -0.3 is 15.8 Å². The lowest BCUT2D eigenvalue weighted by Gasteiger charge is -2.12. The molecule has 0 spiro atoms. The first-order valence-electron chi connectivity index (χ1n) is 9.82. The van der Waals surface area contributed by atoms with E-state index in [1.54, 1.807) is 6.20 Å². The minimum absolute atomic E-state index is 0.235. The topological polar surface area (TPSA) is 94.5 Å². The van der Waals surface area contributed by atoms with Gasteiger partial charge in [-0.15, -0.1) is 0 Å². The van der Waals surface area contributed by atoms with Crippen molar-refractivity contribution in [3.8, 4) is 11.3 Å². The molecule has 28 heavy (non-hydrogen) atoms. The molecular formula is C21H23N5O2. The van der Waals surface area contributed by atoms with Crippen LogP contribution in [0.15, 0.2) is 36.8 Å². The highest BCUT2D eigenvalue weighted by atomic mass is 16.5. The fourth-order valence-electron chi connectivity index (χ4n) is 3.95. The molecule has 1 unspecified atom stereocenters. The number of primary amides is 1. The molecule has 0 bridgehead atoms. The molecule has 144 valence electrons. The molecule has 1 saturated heterocycles. The van der Waals surface area contributed by atoms with Crippen LogP contribution in [0.25, 0.3) is 16.9 Å². The number of nitrogens with one attached hydrogen (secondary N) is 1. The van der Waals surface area contributed by atoms with Gasteiger partial charge in [0.2, 0.25) is 5.91 Å². The zero-order valence-electron chi connectivity index (χ0n) is 15.6. The van der Waals surface area contributed by atoms with Crippen molar-refractivity contribution in [3.63, 3.8) is 0 Å². The predicted molar refractivity (Wildman–Crippen MR) is 106 cm³/mol. The Balaban J connectivity index is 1.49. The number of aromatic nitrogens is 3. The third kappa shape index (κ3) is 3.11. The molecule has 7 nitrogen and oxygen atoms in total. The quantitative estimate of drug-likeness (QED) is 0.689. The smallest absolute Gasteiger partial charge is 0.248 e. The summed E-state index contributed by atoms with van der Waals surface area (Å²) < 4.78 is 7.71. The van der Waals surface area contributed by atoms with Crippen molar-refractivity contribution < 1.29 is 9.53 Å². The van der Waals surface area contributed by atoms with E-state index in [-0.39, 0.29) is 12.0 Å². The first-order valence-corrected chi connectivity index (χ1v) is 9.82. The van der Waals surface area contributed by atoms with Gasteiger partial charge in [-0.3, -0.25) is 9.20 Å². The third-order valence-corrected chi connectivity index (χ3v) is 5.58. The molecule has 7 heteroatoms. The average molecular weight is 377 g/mol. The number of benzene rings is 1. The standard InChI is InChI=1S/C21H23N5O2/c22-19(27)16-6-5-14(10-17(16)13-3-4-13)18-12-25-21-20(23-7-8-26(18)21)24-11-15-2-1-9-28-15/h5-8,10,12-13,15H,1-4,9,11H2,(H2,22,27)(H,23,24). The Morgan fingerprint density at radius 2 is 2.18 bits per heavy atom. The number of hydrogen-bond donors (Lipinski definition) is 2. The largest absolute Gasteiger partial charge is 0.376 e. The van der Waals surface area contributed by atoms with E-state index in [9.17, 15) is 4.79 Å². The highest BCUT2D eigenvalue weighted by Gasteiger charge is 2.28. The van der Waals surface area contributed by atoms with Crippen molar-refractivity contribution in [3.05, 3.63) is 47.9 Å². The summed E-state index contributed by atoms with van der Waals surface area (Å²) in [4.78, 5) is 20.8. The van der Waals surface area contributed by atoms with Crippen LogP contribution in [0.5, 0.6) is 0 Å². The SMILES string of the molecule is NC(=O)c1ccc(-c2cnc3c(NCC4CCCO4)nccn23)cc1C1CC1. The summed E-state index contributed by atoms with van der Waals surface area (Å²) in [5, 5.41) is 3.38. The lowest BCUT2D eigenvalue weighted by atomic mass is 9.98. The molecule has 0 radical (unpaired) electrons. The molecule has 1 aliphatic carbocycles. The monoisotopic (exact) mass is 377 g/mol. The molecule has 1 aliphatic heterocycles. The Kier molecular flexibility index (Phi) is 4.24. The van der Waals surface area contributed by atoms with E-state index in [1.807, 2.05) is 28.9 Å². The van der Waals surface area contributed by atoms with Crippen molar-refractivity contribution in [1.82, 2.24) is 14.4 Å². The summed E-state index contributed by atoms with van der Waals surface area (Å²) in [6, 6.07) is 5.86. The number of anilines is 1. The van der Waals surface area contributed by atoms with Gasteiger partial charge in [-0.1, -0.05) is 6.07 Å². The molecule has 1 saturated carbocycles. The maximum atomic E-state index is 11.8. The van der Waals surface area contributed by atoms with E-state index < -0.39 is 0 Å². The highest BCUT2D eigenvalue weighted by Crippen LogP contribution is 2.43. The van der Waals surface area contributed by atoms with Crippen molar-refractivity contribution in [1.29, 1.82) is 0 Å². The van der Waals surface area contributed by atoms with Gasteiger partial charge in [0.1, 0.15) is 0 Å². The number of carbonyl (C=O) groups excluding carboxylic acids is 1. The van der Waals surface area contributed by atoms with Crippen LogP contribution in [0.2, 0.25) is 0 Å². The number of nitrogens with two attached hydrogens (primary N) is 1. The first-order chi connectivity index (χ1) is 13.7. The maximum Gasteiger partial charge on any atom is 0.248 e. The van der Waals surface area contributed by atoms with E-state index in [0.29, 0.717) is 11.5 Å². The normalized spacial score (nSPS) is 19.2. The minimum atomic E-state index is -0.364. The van der Waals surface area contributed by atoms with Gasteiger partial charge in [0.25, 0.3) is 0 Å². The van der Waals surface area contributed by atoms with Crippen LogP contribution in [0, 0.1) is 0 Å². The number of ether oxygens (including phenoxy) is 1. The fourth-order valence-corrected chi connectivity index (χ4v) is 3.95. The van der Waals surface area contributed by atoms with Crippen LogP contribution in [0.4, 0.5) is 5.82 Å². The lowest BCUT2D eigenvalue weighted by Crippen LogP contribution is -2.19. The number of rotatable bonds is 6. The average Bonchev–Trinajstić information content (AvgIpc) is 3.24. The van der Waals surface area contributed by atoms with Gasteiger partial charge in [-0.2, -0.15) is 0 Å². The van der Waals surface area contributed by atoms with Crippen LogP contribution in [0.1, 0.15) is 47.5 Å². The van der Waals surface area contributed by atoms with Crippen LogP contribution in [-0.2, 0) is 4.74 Å². The zero-order chi connectivity index (χ0) is 19.1. The first kappa shape index (κ1) is 17.2. The van der Waals surface area contributed by atoms with Crippen molar-refractivity contribution in [2.45, 2.75) is 37.7 Å². The fraction of sp³-hybridized carbons (Fsp3) is 0.381. The molecule has 3 aromatic rings. The summed E-state index contributed by atoms with van der Waals surface area (Å²) in [5.74, 6) is 0.823. The molecule has 1 amide bonds. The van der Waals surface area contributed by atoms with E-state index in [1.165, 1.54) is 0 Å². The number of nitrogens with zero attached hydrogens (tertiary/aromatic N) is 3. The van der Waals surface area contributed by atoms with Crippen molar-refractivity contribution in [2.75, 3.05) is 18.5 Å². The van der Waals surface area contributed by atoms with Gasteiger partial charge in [0.15, 0.2) is 11.5 Å². The molecule has 1 aromatic carbocycles. The summed E-state index contributed by atoms with van der Waals surface area (Å²) >= 11 is 0. The Morgan fingerprint density at radius 3 is 2.93 bits per heavy atom. The number of carbonyl (C=O) groups is 1. The molecule has 1 atom stereocenters. The highest BCUT2D eigenvalue weighted by molar-refractivity contribution is 5.95. The van der Waals surface area contributed by atoms with Gasteiger partial charge in [0, 0.05) is 36.7 Å². The molecule has 5 rings (SSSR count). The van der Waals surface area contributed by atoms with E-state index in [0.717, 1.165) is 67.1 Å². The van der Waals surface area contributed by atoms with E-state index in [2.05, 4.69) is 21.4 Å². The van der Waals surface area contributed by atoms with Crippen LogP contribution >= 0.6 is 0 Å². The summed E-state index contributed by atoms with van der Waals surface area (Å²) in [6.45, 7) is 1.57. The van der Waals surface area contributed by atoms with Gasteiger partial charge >= 0.3 is 0 Å². The zero-order valence-corrected chi connectivity index (χ0v) is 15.6. The van der Waals surface area contributed by atoms with Crippen LogP contribution < -0.4 is 11.1 Å². The number of amides is 1. The number of hydrogen-bond acceptors (Lipinski definition) is 5. The molecular weight excluding hydrogens is 354 g/mol. The van der Waals surface area contributed by atoms with Crippen LogP contribution in [-0.4, -0.2) is 39.5 Å². The minimum Gasteiger partial charge on any atom is -0.376 e. The van der Waals surface area contributed by atoms with Gasteiger partial charge in [-0.05, 0) is 49.3 Å².